The lowest BCUT2D eigenvalue weighted by atomic mass is 10.1. The van der Waals surface area contributed by atoms with E-state index in [0.29, 0.717) is 16.7 Å². The number of anilines is 1. The molecule has 7 heteroatoms. The zero-order chi connectivity index (χ0) is 13.8. The monoisotopic (exact) mass is 300 g/mol. The van der Waals surface area contributed by atoms with Crippen molar-refractivity contribution in [3.8, 4) is 0 Å². The second-order valence-electron chi connectivity index (χ2n) is 3.61. The highest BCUT2D eigenvalue weighted by Gasteiger charge is 2.13. The second-order valence-corrected chi connectivity index (χ2v) is 5.31. The molecule has 1 aromatic heterocycles. The molecule has 4 nitrogen and oxygen atoms in total. The molecule has 1 aromatic carbocycles. The number of methoxy groups -OCH3 is 1. The third kappa shape index (κ3) is 3.42. The lowest BCUT2D eigenvalue weighted by Gasteiger charge is -2.09. The van der Waals surface area contributed by atoms with E-state index in [1.54, 1.807) is 6.20 Å². The molecule has 0 saturated carbocycles. The van der Waals surface area contributed by atoms with Gasteiger partial charge in [-0.2, -0.15) is 0 Å². The van der Waals surface area contributed by atoms with E-state index in [2.05, 4.69) is 15.0 Å². The summed E-state index contributed by atoms with van der Waals surface area (Å²) < 4.78 is 18.2. The van der Waals surface area contributed by atoms with Gasteiger partial charge < -0.3 is 10.1 Å². The summed E-state index contributed by atoms with van der Waals surface area (Å²) in [4.78, 5) is 16.4. The second kappa shape index (κ2) is 5.99. The first-order valence-corrected chi connectivity index (χ1v) is 6.51. The van der Waals surface area contributed by atoms with Gasteiger partial charge in [-0.3, -0.25) is 0 Å². The van der Waals surface area contributed by atoms with Gasteiger partial charge in [0.25, 0.3) is 0 Å². The molecule has 0 aliphatic carbocycles. The number of thiazole rings is 1. The summed E-state index contributed by atoms with van der Waals surface area (Å²) in [5, 5.41) is 3.03. The SMILES string of the molecule is COC(=O)c1cc(F)ccc1NCc1cnc(Cl)s1. The summed E-state index contributed by atoms with van der Waals surface area (Å²) in [6.45, 7) is 0.444. The molecule has 0 aliphatic heterocycles. The third-order valence-corrected chi connectivity index (χ3v) is 3.48. The van der Waals surface area contributed by atoms with Crippen LogP contribution in [-0.4, -0.2) is 18.1 Å². The number of rotatable bonds is 4. The molecule has 0 saturated heterocycles. The van der Waals surface area contributed by atoms with Gasteiger partial charge >= 0.3 is 5.97 Å². The van der Waals surface area contributed by atoms with E-state index < -0.39 is 11.8 Å². The Labute approximate surface area is 118 Å². The Bertz CT molecular complexity index is 603. The molecule has 1 heterocycles. The van der Waals surface area contributed by atoms with Crippen LogP contribution in [0.25, 0.3) is 0 Å². The molecule has 19 heavy (non-hydrogen) atoms. The van der Waals surface area contributed by atoms with Crippen molar-refractivity contribution in [2.24, 2.45) is 0 Å². The summed E-state index contributed by atoms with van der Waals surface area (Å²) in [5.41, 5.74) is 0.649. The predicted octanol–water partition coefficient (Wildman–Crippen LogP) is 3.33. The summed E-state index contributed by atoms with van der Waals surface area (Å²) in [5.74, 6) is -1.09. The van der Waals surface area contributed by atoms with E-state index in [4.69, 9.17) is 11.6 Å². The Hall–Kier alpha value is -1.66. The summed E-state index contributed by atoms with van der Waals surface area (Å²) in [6.07, 6.45) is 1.64. The average Bonchev–Trinajstić information content (AvgIpc) is 2.82. The van der Waals surface area contributed by atoms with Crippen LogP contribution in [0.3, 0.4) is 0 Å². The molecule has 100 valence electrons. The first kappa shape index (κ1) is 13.8. The summed E-state index contributed by atoms with van der Waals surface area (Å²) >= 11 is 7.05. The minimum Gasteiger partial charge on any atom is -0.465 e. The van der Waals surface area contributed by atoms with Gasteiger partial charge in [0, 0.05) is 16.8 Å². The Morgan fingerprint density at radius 2 is 2.37 bits per heavy atom. The Kier molecular flexibility index (Phi) is 4.34. The maximum atomic E-state index is 13.1. The first-order valence-electron chi connectivity index (χ1n) is 5.32. The van der Waals surface area contributed by atoms with E-state index in [-0.39, 0.29) is 5.56 Å². The van der Waals surface area contributed by atoms with Gasteiger partial charge in [0.05, 0.1) is 19.2 Å². The Balaban J connectivity index is 2.17. The quantitative estimate of drug-likeness (QED) is 0.880. The zero-order valence-electron chi connectivity index (χ0n) is 9.94. The van der Waals surface area contributed by atoms with Crippen LogP contribution in [0, 0.1) is 5.82 Å². The number of benzene rings is 1. The van der Waals surface area contributed by atoms with Crippen molar-refractivity contribution in [2.45, 2.75) is 6.54 Å². The fourth-order valence-electron chi connectivity index (χ4n) is 1.50. The highest BCUT2D eigenvalue weighted by molar-refractivity contribution is 7.15. The predicted molar refractivity (Wildman–Crippen MR) is 72.2 cm³/mol. The number of ether oxygens (including phenoxy) is 1. The van der Waals surface area contributed by atoms with Gasteiger partial charge in [-0.05, 0) is 18.2 Å². The van der Waals surface area contributed by atoms with Crippen LogP contribution in [0.1, 0.15) is 15.2 Å². The van der Waals surface area contributed by atoms with E-state index >= 15 is 0 Å². The van der Waals surface area contributed by atoms with E-state index in [0.717, 1.165) is 10.9 Å². The number of halogens is 2. The molecule has 0 fully saturated rings. The van der Waals surface area contributed by atoms with Crippen molar-refractivity contribution in [2.75, 3.05) is 12.4 Å². The van der Waals surface area contributed by atoms with Gasteiger partial charge in [-0.25, -0.2) is 14.2 Å². The molecule has 1 N–H and O–H groups in total. The maximum Gasteiger partial charge on any atom is 0.340 e. The number of hydrogen-bond acceptors (Lipinski definition) is 5. The van der Waals surface area contributed by atoms with Crippen molar-refractivity contribution in [1.29, 1.82) is 0 Å². The van der Waals surface area contributed by atoms with E-state index in [1.807, 2.05) is 0 Å². The van der Waals surface area contributed by atoms with Gasteiger partial charge in [-0.15, -0.1) is 11.3 Å². The van der Waals surface area contributed by atoms with Crippen LogP contribution in [-0.2, 0) is 11.3 Å². The first-order chi connectivity index (χ1) is 9.10. The fourth-order valence-corrected chi connectivity index (χ4v) is 2.41. The third-order valence-electron chi connectivity index (χ3n) is 2.37. The van der Waals surface area contributed by atoms with Crippen molar-refractivity contribution in [1.82, 2.24) is 4.98 Å². The normalized spacial score (nSPS) is 10.3. The van der Waals surface area contributed by atoms with Crippen molar-refractivity contribution in [3.63, 3.8) is 0 Å². The highest BCUT2D eigenvalue weighted by atomic mass is 35.5. The number of carbonyl (C=O) groups excluding carboxylic acids is 1. The van der Waals surface area contributed by atoms with E-state index in [1.165, 1.54) is 30.6 Å². The Morgan fingerprint density at radius 3 is 3.00 bits per heavy atom. The van der Waals surface area contributed by atoms with Crippen LogP contribution in [0.4, 0.5) is 10.1 Å². The smallest absolute Gasteiger partial charge is 0.340 e. The average molecular weight is 301 g/mol. The van der Waals surface area contributed by atoms with Crippen LogP contribution < -0.4 is 5.32 Å². The van der Waals surface area contributed by atoms with Crippen molar-refractivity contribution in [3.05, 3.63) is 45.1 Å². The largest absolute Gasteiger partial charge is 0.465 e. The van der Waals surface area contributed by atoms with Crippen molar-refractivity contribution >= 4 is 34.6 Å². The molecule has 0 atom stereocenters. The van der Waals surface area contributed by atoms with Crippen LogP contribution in [0.15, 0.2) is 24.4 Å². The fraction of sp³-hybridized carbons (Fsp3) is 0.167. The molecule has 0 bridgehead atoms. The van der Waals surface area contributed by atoms with Crippen molar-refractivity contribution < 1.29 is 13.9 Å². The lowest BCUT2D eigenvalue weighted by Crippen LogP contribution is -2.08. The highest BCUT2D eigenvalue weighted by Crippen LogP contribution is 2.22. The number of nitrogens with zero attached hydrogens (tertiary/aromatic N) is 1. The number of aromatic nitrogens is 1. The van der Waals surface area contributed by atoms with Gasteiger partial charge in [0.15, 0.2) is 4.47 Å². The minimum absolute atomic E-state index is 0.151. The number of esters is 1. The van der Waals surface area contributed by atoms with Crippen LogP contribution in [0.2, 0.25) is 4.47 Å². The standard InChI is InChI=1S/C12H10ClFN2O2S/c1-18-11(17)9-4-7(14)2-3-10(9)15-5-8-6-16-12(13)19-8/h2-4,6,15H,5H2,1H3. The molecule has 2 aromatic rings. The molecule has 0 radical (unpaired) electrons. The maximum absolute atomic E-state index is 13.1. The van der Waals surface area contributed by atoms with Crippen LogP contribution in [0.5, 0.6) is 0 Å². The van der Waals surface area contributed by atoms with E-state index in [9.17, 15) is 9.18 Å². The molecular formula is C12H10ClFN2O2S. The topological polar surface area (TPSA) is 51.2 Å². The zero-order valence-corrected chi connectivity index (χ0v) is 11.5. The molecule has 2 rings (SSSR count). The van der Waals surface area contributed by atoms with Gasteiger partial charge in [0.1, 0.15) is 5.82 Å². The van der Waals surface area contributed by atoms with Gasteiger partial charge in [-0.1, -0.05) is 11.6 Å². The van der Waals surface area contributed by atoms with Crippen LogP contribution >= 0.6 is 22.9 Å². The summed E-state index contributed by atoms with van der Waals surface area (Å²) in [7, 11) is 1.25. The number of nitrogens with one attached hydrogen (secondary N) is 1. The minimum atomic E-state index is -0.593. The molecule has 0 amide bonds. The van der Waals surface area contributed by atoms with Gasteiger partial charge in [0.2, 0.25) is 0 Å². The molecule has 0 aliphatic rings. The summed E-state index contributed by atoms with van der Waals surface area (Å²) in [6, 6.07) is 3.90. The molecule has 0 spiro atoms. The lowest BCUT2D eigenvalue weighted by molar-refractivity contribution is 0.0601. The Morgan fingerprint density at radius 1 is 1.58 bits per heavy atom. The molecular weight excluding hydrogens is 291 g/mol. The number of hydrogen-bond donors (Lipinski definition) is 1. The molecule has 0 unspecified atom stereocenters. The number of carbonyl (C=O) groups is 1.